The Morgan fingerprint density at radius 2 is 2.06 bits per heavy atom. The number of amides is 2. The van der Waals surface area contributed by atoms with Crippen molar-refractivity contribution in [2.24, 2.45) is 0 Å². The Bertz CT molecular complexity index is 231. The lowest BCUT2D eigenvalue weighted by Crippen LogP contribution is -2.40. The molecule has 0 aliphatic carbocycles. The number of likely N-dealkylation sites (N-methyl/N-ethyl adjacent to an activating group) is 1. The van der Waals surface area contributed by atoms with Crippen LogP contribution in [0.4, 0.5) is 4.79 Å². The van der Waals surface area contributed by atoms with E-state index in [1.54, 1.807) is 7.05 Å². The quantitative estimate of drug-likeness (QED) is 0.671. The highest BCUT2D eigenvalue weighted by atomic mass is 16.5. The maximum absolute atomic E-state index is 11.4. The molecule has 0 saturated carbocycles. The van der Waals surface area contributed by atoms with Crippen LogP contribution in [0.5, 0.6) is 0 Å². The fourth-order valence-corrected chi connectivity index (χ4v) is 0.938. The van der Waals surface area contributed by atoms with Gasteiger partial charge in [-0.05, 0) is 13.8 Å². The average Bonchev–Trinajstić information content (AvgIpc) is 2.16. The first-order chi connectivity index (χ1) is 7.43. The van der Waals surface area contributed by atoms with E-state index >= 15 is 0 Å². The van der Waals surface area contributed by atoms with Crippen molar-refractivity contribution in [3.63, 3.8) is 0 Å². The first kappa shape index (κ1) is 14.7. The minimum absolute atomic E-state index is 0.0674. The van der Waals surface area contributed by atoms with Gasteiger partial charge in [0.05, 0.1) is 19.1 Å². The van der Waals surface area contributed by atoms with E-state index in [4.69, 9.17) is 9.84 Å². The van der Waals surface area contributed by atoms with E-state index < -0.39 is 5.97 Å². The van der Waals surface area contributed by atoms with Gasteiger partial charge in [0.1, 0.15) is 0 Å². The Morgan fingerprint density at radius 3 is 2.56 bits per heavy atom. The van der Waals surface area contributed by atoms with Gasteiger partial charge >= 0.3 is 12.0 Å². The summed E-state index contributed by atoms with van der Waals surface area (Å²) in [7, 11) is 1.64. The van der Waals surface area contributed by atoms with E-state index in [1.807, 2.05) is 13.8 Å². The van der Waals surface area contributed by atoms with Gasteiger partial charge in [-0.2, -0.15) is 0 Å². The van der Waals surface area contributed by atoms with Gasteiger partial charge in [0.25, 0.3) is 0 Å². The van der Waals surface area contributed by atoms with Gasteiger partial charge in [-0.3, -0.25) is 4.79 Å². The number of rotatable bonds is 7. The van der Waals surface area contributed by atoms with Crippen LogP contribution in [0.2, 0.25) is 0 Å². The largest absolute Gasteiger partial charge is 0.481 e. The van der Waals surface area contributed by atoms with Crippen LogP contribution in [-0.2, 0) is 9.53 Å². The summed E-state index contributed by atoms with van der Waals surface area (Å²) in [5, 5.41) is 10.9. The fraction of sp³-hybridized carbons (Fsp3) is 0.800. The summed E-state index contributed by atoms with van der Waals surface area (Å²) < 4.78 is 5.29. The molecule has 6 heteroatoms. The van der Waals surface area contributed by atoms with E-state index in [1.165, 1.54) is 4.90 Å². The third-order valence-corrected chi connectivity index (χ3v) is 1.84. The maximum atomic E-state index is 11.4. The molecule has 0 heterocycles. The number of hydrogen-bond acceptors (Lipinski definition) is 3. The molecule has 0 aromatic heterocycles. The lowest BCUT2D eigenvalue weighted by atomic mass is 10.4. The third kappa shape index (κ3) is 8.05. The van der Waals surface area contributed by atoms with Gasteiger partial charge in [0, 0.05) is 20.1 Å². The molecular formula is C10H20N2O4. The highest BCUT2D eigenvalue weighted by Gasteiger charge is 2.08. The van der Waals surface area contributed by atoms with Crippen molar-refractivity contribution >= 4 is 12.0 Å². The second kappa shape index (κ2) is 7.92. The van der Waals surface area contributed by atoms with Crippen LogP contribution in [0.3, 0.4) is 0 Å². The smallest absolute Gasteiger partial charge is 0.317 e. The van der Waals surface area contributed by atoms with Crippen molar-refractivity contribution in [3.8, 4) is 0 Å². The van der Waals surface area contributed by atoms with Crippen molar-refractivity contribution in [1.29, 1.82) is 0 Å². The zero-order valence-corrected chi connectivity index (χ0v) is 10.0. The SMILES string of the molecule is CC(C)OCCN(C)C(=O)NCCC(=O)O. The van der Waals surface area contributed by atoms with E-state index in [9.17, 15) is 9.59 Å². The average molecular weight is 232 g/mol. The number of carbonyl (C=O) groups is 2. The van der Waals surface area contributed by atoms with Crippen molar-refractivity contribution in [1.82, 2.24) is 10.2 Å². The first-order valence-corrected chi connectivity index (χ1v) is 5.26. The van der Waals surface area contributed by atoms with Crippen LogP contribution < -0.4 is 5.32 Å². The monoisotopic (exact) mass is 232 g/mol. The molecule has 0 aliphatic heterocycles. The van der Waals surface area contributed by atoms with Crippen molar-refractivity contribution in [2.45, 2.75) is 26.4 Å². The van der Waals surface area contributed by atoms with E-state index in [0.717, 1.165) is 0 Å². The summed E-state index contributed by atoms with van der Waals surface area (Å²) >= 11 is 0. The molecule has 0 bridgehead atoms. The van der Waals surface area contributed by atoms with Gasteiger partial charge in [0.2, 0.25) is 0 Å². The molecule has 0 aromatic carbocycles. The number of carbonyl (C=O) groups excluding carboxylic acids is 1. The van der Waals surface area contributed by atoms with Crippen molar-refractivity contribution in [3.05, 3.63) is 0 Å². The number of urea groups is 1. The lowest BCUT2D eigenvalue weighted by molar-refractivity contribution is -0.136. The number of nitrogens with one attached hydrogen (secondary N) is 1. The van der Waals surface area contributed by atoms with Gasteiger partial charge in [-0.15, -0.1) is 0 Å². The molecule has 0 fully saturated rings. The number of carboxylic acid groups (broad SMARTS) is 1. The van der Waals surface area contributed by atoms with Crippen LogP contribution in [-0.4, -0.2) is 54.9 Å². The van der Waals surface area contributed by atoms with E-state index in [0.29, 0.717) is 13.2 Å². The molecule has 0 rings (SSSR count). The molecule has 0 saturated heterocycles. The minimum atomic E-state index is -0.925. The maximum Gasteiger partial charge on any atom is 0.317 e. The van der Waals surface area contributed by atoms with Gasteiger partial charge < -0.3 is 20.1 Å². The van der Waals surface area contributed by atoms with Crippen LogP contribution in [0.15, 0.2) is 0 Å². The van der Waals surface area contributed by atoms with Gasteiger partial charge in [-0.1, -0.05) is 0 Å². The molecule has 2 amide bonds. The zero-order valence-electron chi connectivity index (χ0n) is 10.0. The molecule has 0 atom stereocenters. The second-order valence-electron chi connectivity index (χ2n) is 3.72. The lowest BCUT2D eigenvalue weighted by Gasteiger charge is -2.18. The summed E-state index contributed by atoms with van der Waals surface area (Å²) in [6.07, 6.45) is 0.0747. The fourth-order valence-electron chi connectivity index (χ4n) is 0.938. The Labute approximate surface area is 95.6 Å². The predicted octanol–water partition coefficient (Wildman–Crippen LogP) is 0.527. The number of carboxylic acids is 1. The topological polar surface area (TPSA) is 78.9 Å². The summed E-state index contributed by atoms with van der Waals surface area (Å²) in [5.41, 5.74) is 0. The van der Waals surface area contributed by atoms with Crippen molar-refractivity contribution < 1.29 is 19.4 Å². The molecule has 0 aromatic rings. The number of nitrogens with zero attached hydrogens (tertiary/aromatic N) is 1. The highest BCUT2D eigenvalue weighted by molar-refractivity contribution is 5.74. The summed E-state index contributed by atoms with van der Waals surface area (Å²) in [5.74, 6) is -0.925. The van der Waals surface area contributed by atoms with Crippen molar-refractivity contribution in [2.75, 3.05) is 26.7 Å². The van der Waals surface area contributed by atoms with E-state index in [2.05, 4.69) is 5.32 Å². The Morgan fingerprint density at radius 1 is 1.44 bits per heavy atom. The molecule has 0 aliphatic rings. The van der Waals surface area contributed by atoms with Crippen LogP contribution in [0.1, 0.15) is 20.3 Å². The Hall–Kier alpha value is -1.30. The third-order valence-electron chi connectivity index (χ3n) is 1.84. The number of aliphatic carboxylic acids is 1. The molecular weight excluding hydrogens is 212 g/mol. The Balaban J connectivity index is 3.61. The molecule has 2 N–H and O–H groups in total. The molecule has 6 nitrogen and oxygen atoms in total. The number of hydrogen-bond donors (Lipinski definition) is 2. The van der Waals surface area contributed by atoms with E-state index in [-0.39, 0.29) is 25.1 Å². The molecule has 0 radical (unpaired) electrons. The molecule has 16 heavy (non-hydrogen) atoms. The van der Waals surface area contributed by atoms with Crippen LogP contribution >= 0.6 is 0 Å². The second-order valence-corrected chi connectivity index (χ2v) is 3.72. The Kier molecular flexibility index (Phi) is 7.28. The predicted molar refractivity (Wildman–Crippen MR) is 59.4 cm³/mol. The first-order valence-electron chi connectivity index (χ1n) is 5.26. The molecule has 0 unspecified atom stereocenters. The molecule has 0 spiro atoms. The molecule has 94 valence electrons. The summed E-state index contributed by atoms with van der Waals surface area (Å²) in [6.45, 7) is 4.95. The minimum Gasteiger partial charge on any atom is -0.481 e. The summed E-state index contributed by atoms with van der Waals surface area (Å²) in [4.78, 5) is 23.0. The van der Waals surface area contributed by atoms with Crippen LogP contribution in [0, 0.1) is 0 Å². The number of ether oxygens (including phenoxy) is 1. The standard InChI is InChI=1S/C10H20N2O4/c1-8(2)16-7-6-12(3)10(15)11-5-4-9(13)14/h8H,4-7H2,1-3H3,(H,11,15)(H,13,14). The summed E-state index contributed by atoms with van der Waals surface area (Å²) in [6, 6.07) is -0.284. The highest BCUT2D eigenvalue weighted by Crippen LogP contribution is 1.90. The zero-order chi connectivity index (χ0) is 12.6. The van der Waals surface area contributed by atoms with Crippen LogP contribution in [0.25, 0.3) is 0 Å². The van der Waals surface area contributed by atoms with Gasteiger partial charge in [0.15, 0.2) is 0 Å². The normalized spacial score (nSPS) is 10.2. The van der Waals surface area contributed by atoms with Gasteiger partial charge in [-0.25, -0.2) is 4.79 Å².